The van der Waals surface area contributed by atoms with Gasteiger partial charge in [-0.25, -0.2) is 8.42 Å². The van der Waals surface area contributed by atoms with Gasteiger partial charge < -0.3 is 14.1 Å². The molecule has 0 aliphatic carbocycles. The molecule has 0 bridgehead atoms. The molecule has 0 amide bonds. The molecule has 0 atom stereocenters. The van der Waals surface area contributed by atoms with Gasteiger partial charge in [0.2, 0.25) is 26.6 Å². The maximum absolute atomic E-state index is 13.5. The van der Waals surface area contributed by atoms with E-state index in [1.54, 1.807) is 19.2 Å². The molecule has 1 fully saturated rings. The summed E-state index contributed by atoms with van der Waals surface area (Å²) in [5, 5.41) is -0.0290. The van der Waals surface area contributed by atoms with Crippen LogP contribution in [0.2, 0.25) is 0 Å². The summed E-state index contributed by atoms with van der Waals surface area (Å²) in [6.45, 7) is 5.68. The zero-order valence-corrected chi connectivity index (χ0v) is 18.3. The molecular formula is C23H26N2O4S. The van der Waals surface area contributed by atoms with Crippen molar-refractivity contribution in [2.45, 2.75) is 36.6 Å². The number of methoxy groups -OCH3 is 1. The van der Waals surface area contributed by atoms with E-state index < -0.39 is 9.84 Å². The van der Waals surface area contributed by atoms with Crippen LogP contribution < -0.4 is 9.64 Å². The van der Waals surface area contributed by atoms with E-state index in [1.165, 1.54) is 12.1 Å². The van der Waals surface area contributed by atoms with E-state index in [0.29, 0.717) is 23.4 Å². The predicted molar refractivity (Wildman–Crippen MR) is 116 cm³/mol. The van der Waals surface area contributed by atoms with Gasteiger partial charge >= 0.3 is 0 Å². The van der Waals surface area contributed by atoms with Gasteiger partial charge in [-0.15, -0.1) is 0 Å². The lowest BCUT2D eigenvalue weighted by atomic mass is 9.99. The van der Waals surface area contributed by atoms with Crippen molar-refractivity contribution in [3.05, 3.63) is 54.1 Å². The second-order valence-corrected chi connectivity index (χ2v) is 9.71. The summed E-state index contributed by atoms with van der Waals surface area (Å²) in [7, 11) is -2.31. The van der Waals surface area contributed by atoms with Crippen LogP contribution in [0.3, 0.4) is 0 Å². The third kappa shape index (κ3) is 3.94. The van der Waals surface area contributed by atoms with Crippen molar-refractivity contribution < 1.29 is 17.6 Å². The number of ether oxygens (including phenoxy) is 1. The van der Waals surface area contributed by atoms with Crippen LogP contribution in [0.5, 0.6) is 5.75 Å². The molecule has 3 aromatic rings. The summed E-state index contributed by atoms with van der Waals surface area (Å²) >= 11 is 0. The van der Waals surface area contributed by atoms with Crippen molar-refractivity contribution in [3.63, 3.8) is 0 Å². The molecule has 1 aromatic heterocycles. The highest BCUT2D eigenvalue weighted by molar-refractivity contribution is 7.91. The number of piperidine rings is 1. The Morgan fingerprint density at radius 3 is 2.43 bits per heavy atom. The van der Waals surface area contributed by atoms with Crippen molar-refractivity contribution in [2.24, 2.45) is 5.92 Å². The van der Waals surface area contributed by atoms with Gasteiger partial charge in [0.15, 0.2) is 0 Å². The number of aromatic nitrogens is 1. The standard InChI is InChI=1S/C23H26N2O4S/c1-16-11-13-25(14-12-16)23-22(24-21(29-23)18-6-4-5-17(2)15-18)30(26,27)20-9-7-19(28-3)8-10-20/h4-10,15-16H,11-14H2,1-3H3. The number of benzene rings is 2. The zero-order valence-electron chi connectivity index (χ0n) is 17.5. The van der Waals surface area contributed by atoms with Crippen molar-refractivity contribution in [1.82, 2.24) is 4.98 Å². The molecule has 158 valence electrons. The van der Waals surface area contributed by atoms with Crippen LogP contribution in [0, 0.1) is 12.8 Å². The normalized spacial score (nSPS) is 15.4. The summed E-state index contributed by atoms with van der Waals surface area (Å²) in [5.74, 6) is 1.86. The SMILES string of the molecule is COc1ccc(S(=O)(=O)c2nc(-c3cccc(C)c3)oc2N2CCC(C)CC2)cc1. The molecule has 0 unspecified atom stereocenters. The molecule has 2 aromatic carbocycles. The molecule has 6 nitrogen and oxygen atoms in total. The highest BCUT2D eigenvalue weighted by atomic mass is 32.2. The van der Waals surface area contributed by atoms with Crippen molar-refractivity contribution in [1.29, 1.82) is 0 Å². The Morgan fingerprint density at radius 1 is 1.10 bits per heavy atom. The molecule has 0 radical (unpaired) electrons. The monoisotopic (exact) mass is 426 g/mol. The Balaban J connectivity index is 1.81. The van der Waals surface area contributed by atoms with E-state index in [4.69, 9.17) is 9.15 Å². The van der Waals surface area contributed by atoms with Gasteiger partial charge in [-0.2, -0.15) is 4.98 Å². The summed E-state index contributed by atoms with van der Waals surface area (Å²) in [6.07, 6.45) is 1.98. The van der Waals surface area contributed by atoms with E-state index >= 15 is 0 Å². The number of hydrogen-bond donors (Lipinski definition) is 0. The quantitative estimate of drug-likeness (QED) is 0.587. The molecule has 4 rings (SSSR count). The van der Waals surface area contributed by atoms with Crippen LogP contribution >= 0.6 is 0 Å². The van der Waals surface area contributed by atoms with Gasteiger partial charge in [-0.1, -0.05) is 24.6 Å². The van der Waals surface area contributed by atoms with Gasteiger partial charge in [0.05, 0.1) is 12.0 Å². The van der Waals surface area contributed by atoms with Crippen molar-refractivity contribution >= 4 is 15.7 Å². The third-order valence-corrected chi connectivity index (χ3v) is 7.21. The smallest absolute Gasteiger partial charge is 0.236 e. The fourth-order valence-electron chi connectivity index (χ4n) is 3.65. The van der Waals surface area contributed by atoms with Crippen LogP contribution in [0.25, 0.3) is 11.5 Å². The summed E-state index contributed by atoms with van der Waals surface area (Å²) < 4.78 is 38.2. The minimum atomic E-state index is -3.86. The van der Waals surface area contributed by atoms with E-state index in [1.807, 2.05) is 36.1 Å². The molecule has 0 N–H and O–H groups in total. The number of aryl methyl sites for hydroxylation is 1. The molecule has 1 aliphatic rings. The molecule has 7 heteroatoms. The number of sulfone groups is 1. The van der Waals surface area contributed by atoms with Crippen molar-refractivity contribution in [2.75, 3.05) is 25.1 Å². The summed E-state index contributed by atoms with van der Waals surface area (Å²) in [6, 6.07) is 14.1. The second-order valence-electron chi connectivity index (χ2n) is 7.85. The lowest BCUT2D eigenvalue weighted by Gasteiger charge is -2.30. The van der Waals surface area contributed by atoms with Gasteiger partial charge in [-0.3, -0.25) is 0 Å². The first-order valence-electron chi connectivity index (χ1n) is 10.1. The van der Waals surface area contributed by atoms with Crippen molar-refractivity contribution in [3.8, 4) is 17.2 Å². The van der Waals surface area contributed by atoms with E-state index in [-0.39, 0.29) is 9.92 Å². The minimum absolute atomic E-state index is 0.0290. The van der Waals surface area contributed by atoms with Gasteiger partial charge in [-0.05, 0) is 62.1 Å². The third-order valence-electron chi connectivity index (χ3n) is 5.54. The van der Waals surface area contributed by atoms with Crippen LogP contribution in [0.15, 0.2) is 62.9 Å². The van der Waals surface area contributed by atoms with Gasteiger partial charge in [0.25, 0.3) is 0 Å². The van der Waals surface area contributed by atoms with Gasteiger partial charge in [0, 0.05) is 18.7 Å². The molecule has 1 aliphatic heterocycles. The first kappa shape index (κ1) is 20.5. The number of oxazole rings is 1. The molecule has 30 heavy (non-hydrogen) atoms. The predicted octanol–water partition coefficient (Wildman–Crippen LogP) is 4.73. The highest BCUT2D eigenvalue weighted by Gasteiger charge is 2.32. The molecule has 1 saturated heterocycles. The van der Waals surface area contributed by atoms with E-state index in [0.717, 1.165) is 37.1 Å². The van der Waals surface area contributed by atoms with Crippen LogP contribution in [-0.4, -0.2) is 33.6 Å². The molecule has 0 spiro atoms. The Hall–Kier alpha value is -2.80. The number of nitrogens with zero attached hydrogens (tertiary/aromatic N) is 2. The van der Waals surface area contributed by atoms with E-state index in [9.17, 15) is 8.42 Å². The average Bonchev–Trinajstić information content (AvgIpc) is 3.21. The summed E-state index contributed by atoms with van der Waals surface area (Å²) in [5.41, 5.74) is 1.82. The maximum Gasteiger partial charge on any atom is 0.236 e. The second kappa shape index (κ2) is 8.14. The van der Waals surface area contributed by atoms with Gasteiger partial charge in [0.1, 0.15) is 5.75 Å². The number of hydrogen-bond acceptors (Lipinski definition) is 6. The lowest BCUT2D eigenvalue weighted by Crippen LogP contribution is -2.33. The fraction of sp³-hybridized carbons (Fsp3) is 0.348. The Morgan fingerprint density at radius 2 is 1.80 bits per heavy atom. The largest absolute Gasteiger partial charge is 0.497 e. The minimum Gasteiger partial charge on any atom is -0.497 e. The first-order valence-corrected chi connectivity index (χ1v) is 11.6. The topological polar surface area (TPSA) is 72.6 Å². The average molecular weight is 427 g/mol. The van der Waals surface area contributed by atoms with E-state index in [2.05, 4.69) is 11.9 Å². The molecular weight excluding hydrogens is 400 g/mol. The fourth-order valence-corrected chi connectivity index (χ4v) is 4.97. The first-order chi connectivity index (χ1) is 14.4. The van der Waals surface area contributed by atoms with Crippen LogP contribution in [0.1, 0.15) is 25.3 Å². The van der Waals surface area contributed by atoms with Crippen LogP contribution in [0.4, 0.5) is 5.88 Å². The lowest BCUT2D eigenvalue weighted by molar-refractivity contribution is 0.414. The molecule has 0 saturated carbocycles. The Kier molecular flexibility index (Phi) is 5.56. The number of rotatable bonds is 5. The Labute approximate surface area is 177 Å². The Bertz CT molecular complexity index is 1130. The number of anilines is 1. The highest BCUT2D eigenvalue weighted by Crippen LogP contribution is 2.36. The summed E-state index contributed by atoms with van der Waals surface area (Å²) in [4.78, 5) is 6.65. The zero-order chi connectivity index (χ0) is 21.3. The molecule has 2 heterocycles. The van der Waals surface area contributed by atoms with Crippen LogP contribution in [-0.2, 0) is 9.84 Å². The maximum atomic E-state index is 13.5.